The van der Waals surface area contributed by atoms with E-state index in [9.17, 15) is 9.13 Å². The first-order valence-electron chi connectivity index (χ1n) is 4.16. The van der Waals surface area contributed by atoms with Crippen LogP contribution in [-0.4, -0.2) is 36.1 Å². The number of hydrogen-bond acceptors (Lipinski definition) is 5. The fourth-order valence-electron chi connectivity index (χ4n) is 0.340. The van der Waals surface area contributed by atoms with Crippen LogP contribution in [0.3, 0.4) is 0 Å². The molecule has 13 heteroatoms. The molecule has 0 bridgehead atoms. The van der Waals surface area contributed by atoms with Gasteiger partial charge in [0.2, 0.25) is 0 Å². The predicted octanol–water partition coefficient (Wildman–Crippen LogP) is 5.16. The van der Waals surface area contributed by atoms with E-state index in [0.717, 1.165) is 0 Å². The minimum Gasteiger partial charge on any atom is -0.394 e. The molecule has 0 heterocycles. The van der Waals surface area contributed by atoms with Gasteiger partial charge in [-0.25, -0.2) is 0 Å². The maximum absolute atomic E-state index is 9.51. The van der Waals surface area contributed by atoms with Gasteiger partial charge in [-0.05, 0) is 67.4 Å². The van der Waals surface area contributed by atoms with Gasteiger partial charge in [0, 0.05) is 0 Å². The van der Waals surface area contributed by atoms with Crippen molar-refractivity contribution in [1.29, 1.82) is 0 Å². The maximum Gasteiger partial charge on any atom is 0.339 e. The first-order chi connectivity index (χ1) is 8.31. The second-order valence-corrected chi connectivity index (χ2v) is 15.7. The number of aliphatic hydroxyl groups is 2. The summed E-state index contributed by atoms with van der Waals surface area (Å²) in [4.78, 5) is 0. The summed E-state index contributed by atoms with van der Waals surface area (Å²) >= 11 is 27.7. The first kappa shape index (κ1) is 25.8. The fourth-order valence-corrected chi connectivity index (χ4v) is 0.340. The van der Waals surface area contributed by atoms with Gasteiger partial charge >= 0.3 is 10.4 Å². The minimum atomic E-state index is -3.22. The molecule has 0 saturated heterocycles. The second kappa shape index (κ2) is 14.7. The van der Waals surface area contributed by atoms with E-state index in [1.807, 2.05) is 0 Å². The molecule has 0 fully saturated rings. The molecule has 1 atom stereocenters. The van der Waals surface area contributed by atoms with Gasteiger partial charge in [0.25, 0.3) is 0 Å². The molecule has 0 aliphatic heterocycles. The molecule has 2 N–H and O–H groups in total. The van der Waals surface area contributed by atoms with Crippen molar-refractivity contribution in [3.8, 4) is 0 Å². The zero-order valence-corrected chi connectivity index (χ0v) is 15.6. The van der Waals surface area contributed by atoms with E-state index in [-0.39, 0.29) is 13.2 Å². The predicted molar refractivity (Wildman–Crippen MR) is 84.4 cm³/mol. The van der Waals surface area contributed by atoms with Crippen LogP contribution >= 0.6 is 77.8 Å². The van der Waals surface area contributed by atoms with Crippen molar-refractivity contribution in [2.45, 2.75) is 6.10 Å². The van der Waals surface area contributed by atoms with Crippen molar-refractivity contribution in [3.05, 3.63) is 12.7 Å². The Morgan fingerprint density at radius 1 is 1.11 bits per heavy atom. The zero-order chi connectivity index (χ0) is 16.1. The largest absolute Gasteiger partial charge is 0.394 e. The highest BCUT2D eigenvalue weighted by molar-refractivity contribution is 8.25. The Labute approximate surface area is 140 Å². The first-order valence-corrected chi connectivity index (χ1v) is 13.0. The molecular formula is C6H12Cl6O5P2. The monoisotopic (exact) mass is 436 g/mol. The van der Waals surface area contributed by atoms with Crippen molar-refractivity contribution in [3.63, 3.8) is 0 Å². The molecule has 0 aromatic rings. The number of rotatable bonds is 5. The van der Waals surface area contributed by atoms with Gasteiger partial charge in [0.15, 0.2) is 0 Å². The van der Waals surface area contributed by atoms with E-state index in [1.54, 1.807) is 6.08 Å². The van der Waals surface area contributed by atoms with Gasteiger partial charge in [-0.1, -0.05) is 6.08 Å². The lowest BCUT2D eigenvalue weighted by atomic mass is 10.4. The number of halogens is 6. The third kappa shape index (κ3) is 80.9. The SMILES string of the molecule is C=CCOCC(O)CO.O=P(Cl)(Cl)Cl.O=P(Cl)(Cl)Cl. The highest BCUT2D eigenvalue weighted by Crippen LogP contribution is 2.61. The third-order valence-corrected chi connectivity index (χ3v) is 0.757. The maximum atomic E-state index is 9.51. The van der Waals surface area contributed by atoms with Crippen molar-refractivity contribution in [2.75, 3.05) is 19.8 Å². The average molecular weight is 439 g/mol. The Morgan fingerprint density at radius 3 is 1.63 bits per heavy atom. The number of aliphatic hydroxyl groups excluding tert-OH is 2. The Hall–Kier alpha value is 1.82. The Kier molecular flexibility index (Phi) is 20.0. The van der Waals surface area contributed by atoms with Gasteiger partial charge in [-0.15, -0.1) is 6.58 Å². The topological polar surface area (TPSA) is 83.8 Å². The zero-order valence-electron chi connectivity index (χ0n) is 9.26. The summed E-state index contributed by atoms with van der Waals surface area (Å²) in [6.45, 7) is 3.74. The van der Waals surface area contributed by atoms with E-state index >= 15 is 0 Å². The minimum absolute atomic E-state index is 0.169. The van der Waals surface area contributed by atoms with Gasteiger partial charge in [0.05, 0.1) is 19.8 Å². The summed E-state index contributed by atoms with van der Waals surface area (Å²) in [5, 5.41) is 10.5. The Morgan fingerprint density at radius 2 is 1.42 bits per heavy atom. The van der Waals surface area contributed by atoms with Crippen LogP contribution in [0.2, 0.25) is 0 Å². The van der Waals surface area contributed by atoms with Gasteiger partial charge in [-0.3, -0.25) is 9.13 Å². The van der Waals surface area contributed by atoms with E-state index < -0.39 is 16.5 Å². The molecule has 19 heavy (non-hydrogen) atoms. The standard InChI is InChI=1S/C6H12O3.2Cl3OP/c1-2-3-9-5-6(8)4-7;2*1-5(2,3)4/h2,6-8H,1,3-5H2;;. The van der Waals surface area contributed by atoms with Crippen LogP contribution in [0, 0.1) is 0 Å². The molecule has 0 rings (SSSR count). The van der Waals surface area contributed by atoms with Crippen LogP contribution < -0.4 is 0 Å². The molecule has 0 aromatic carbocycles. The average Bonchev–Trinajstić information content (AvgIpc) is 2.12. The van der Waals surface area contributed by atoms with E-state index in [4.69, 9.17) is 14.9 Å². The number of ether oxygens (including phenoxy) is 1. The van der Waals surface area contributed by atoms with Crippen molar-refractivity contribution >= 4 is 77.8 Å². The lowest BCUT2D eigenvalue weighted by Crippen LogP contribution is -2.19. The highest BCUT2D eigenvalue weighted by atomic mass is 36.1. The smallest absolute Gasteiger partial charge is 0.339 e. The molecule has 0 saturated carbocycles. The molecule has 5 nitrogen and oxygen atoms in total. The van der Waals surface area contributed by atoms with Crippen LogP contribution in [0.4, 0.5) is 0 Å². The van der Waals surface area contributed by atoms with Crippen LogP contribution in [0.15, 0.2) is 12.7 Å². The molecule has 0 aliphatic carbocycles. The van der Waals surface area contributed by atoms with Gasteiger partial charge in [0.1, 0.15) is 6.10 Å². The van der Waals surface area contributed by atoms with Gasteiger partial charge < -0.3 is 14.9 Å². The molecule has 1 unspecified atom stereocenters. The second-order valence-electron chi connectivity index (χ2n) is 2.46. The molecule has 0 aromatic heterocycles. The molecule has 0 aliphatic rings. The van der Waals surface area contributed by atoms with Crippen LogP contribution in [0.25, 0.3) is 0 Å². The molecule has 0 radical (unpaired) electrons. The van der Waals surface area contributed by atoms with E-state index in [1.165, 1.54) is 0 Å². The van der Waals surface area contributed by atoms with E-state index in [0.29, 0.717) is 6.61 Å². The third-order valence-electron chi connectivity index (χ3n) is 0.757. The molecular weight excluding hydrogens is 427 g/mol. The summed E-state index contributed by atoms with van der Waals surface area (Å²) in [6.07, 6.45) is 0.828. The summed E-state index contributed by atoms with van der Waals surface area (Å²) in [5.74, 6) is 0. The lowest BCUT2D eigenvalue weighted by Gasteiger charge is -2.04. The Bertz CT molecular complexity index is 268. The summed E-state index contributed by atoms with van der Waals surface area (Å²) in [7, 11) is 0. The molecule has 118 valence electrons. The van der Waals surface area contributed by atoms with Gasteiger partial charge in [-0.2, -0.15) is 0 Å². The normalized spacial score (nSPS) is 12.4. The van der Waals surface area contributed by atoms with Crippen molar-refractivity contribution in [1.82, 2.24) is 0 Å². The highest BCUT2D eigenvalue weighted by Gasteiger charge is 2.03. The van der Waals surface area contributed by atoms with Crippen LogP contribution in [0.1, 0.15) is 0 Å². The number of hydrogen-bond donors (Lipinski definition) is 2. The van der Waals surface area contributed by atoms with Crippen molar-refractivity contribution < 1.29 is 24.1 Å². The van der Waals surface area contributed by atoms with Crippen molar-refractivity contribution in [2.24, 2.45) is 0 Å². The van der Waals surface area contributed by atoms with E-state index in [2.05, 4.69) is 74.0 Å². The Balaban J connectivity index is -0.000000219. The fraction of sp³-hybridized carbons (Fsp3) is 0.667. The lowest BCUT2D eigenvalue weighted by molar-refractivity contribution is 0.0150. The quantitative estimate of drug-likeness (QED) is 0.352. The molecule has 0 spiro atoms. The van der Waals surface area contributed by atoms with Crippen LogP contribution in [0.5, 0.6) is 0 Å². The molecule has 0 amide bonds. The summed E-state index contributed by atoms with van der Waals surface area (Å²) in [5.41, 5.74) is 0. The van der Waals surface area contributed by atoms with Crippen LogP contribution in [-0.2, 0) is 13.9 Å². The summed E-state index contributed by atoms with van der Waals surface area (Å²) < 4.78 is 23.8. The summed E-state index contributed by atoms with van der Waals surface area (Å²) in [6, 6.07) is 0.